The fourth-order valence-electron chi connectivity index (χ4n) is 4.73. The van der Waals surface area contributed by atoms with Gasteiger partial charge in [0.05, 0.1) is 36.5 Å². The minimum absolute atomic E-state index is 0.153. The number of furan rings is 1. The summed E-state index contributed by atoms with van der Waals surface area (Å²) in [6, 6.07) is 6.43. The number of hydrogen-bond acceptors (Lipinski definition) is 9. The molecule has 1 aliphatic heterocycles. The van der Waals surface area contributed by atoms with Crippen LogP contribution in [-0.2, 0) is 4.74 Å². The first-order valence-electron chi connectivity index (χ1n) is 11.5. The molecule has 9 heteroatoms. The molecule has 0 radical (unpaired) electrons. The van der Waals surface area contributed by atoms with E-state index in [1.54, 1.807) is 18.9 Å². The van der Waals surface area contributed by atoms with Crippen LogP contribution in [0.4, 0.5) is 11.5 Å². The van der Waals surface area contributed by atoms with Crippen molar-refractivity contribution < 1.29 is 13.9 Å². The van der Waals surface area contributed by atoms with E-state index in [4.69, 9.17) is 13.9 Å². The molecule has 6 rings (SSSR count). The van der Waals surface area contributed by atoms with Gasteiger partial charge in [0.25, 0.3) is 0 Å². The molecule has 4 heterocycles. The first-order chi connectivity index (χ1) is 16.3. The third-order valence-corrected chi connectivity index (χ3v) is 6.50. The Balaban J connectivity index is 1.16. The highest BCUT2D eigenvalue weighted by molar-refractivity contribution is 5.88. The molecule has 0 atom stereocenters. The summed E-state index contributed by atoms with van der Waals surface area (Å²) in [5.74, 6) is 1.62. The van der Waals surface area contributed by atoms with Gasteiger partial charge in [0.1, 0.15) is 23.9 Å². The highest BCUT2D eigenvalue weighted by atomic mass is 16.5. The fraction of sp³-hybridized carbons (Fsp3) is 0.417. The molecule has 1 aromatic carbocycles. The Morgan fingerprint density at radius 3 is 2.70 bits per heavy atom. The number of nitrogens with one attached hydrogen (secondary N) is 1. The SMILES string of the molecule is c1ncc2c(OC3CCC(Nc4ncnc5ccoc45)CC3)cc(N3CCOCC3)cc2n1. The van der Waals surface area contributed by atoms with Crippen LogP contribution in [0.1, 0.15) is 25.7 Å². The zero-order chi connectivity index (χ0) is 22.0. The van der Waals surface area contributed by atoms with Crippen molar-refractivity contribution in [3.8, 4) is 5.75 Å². The molecule has 1 aliphatic carbocycles. The summed E-state index contributed by atoms with van der Waals surface area (Å²) >= 11 is 0. The van der Waals surface area contributed by atoms with E-state index in [0.29, 0.717) is 11.6 Å². The summed E-state index contributed by atoms with van der Waals surface area (Å²) in [7, 11) is 0. The second-order valence-corrected chi connectivity index (χ2v) is 8.59. The molecule has 170 valence electrons. The Kier molecular flexibility index (Phi) is 5.39. The van der Waals surface area contributed by atoms with Crippen molar-refractivity contribution in [3.05, 3.63) is 43.3 Å². The van der Waals surface area contributed by atoms with Crippen LogP contribution in [0.2, 0.25) is 0 Å². The summed E-state index contributed by atoms with van der Waals surface area (Å²) in [4.78, 5) is 19.7. The maximum absolute atomic E-state index is 6.55. The quantitative estimate of drug-likeness (QED) is 0.491. The Morgan fingerprint density at radius 2 is 1.82 bits per heavy atom. The fourth-order valence-corrected chi connectivity index (χ4v) is 4.73. The minimum Gasteiger partial charge on any atom is -0.490 e. The zero-order valence-electron chi connectivity index (χ0n) is 18.3. The van der Waals surface area contributed by atoms with Gasteiger partial charge in [-0.2, -0.15) is 0 Å². The van der Waals surface area contributed by atoms with Gasteiger partial charge in [-0.15, -0.1) is 0 Å². The number of benzene rings is 1. The predicted octanol–water partition coefficient (Wildman–Crippen LogP) is 3.80. The molecule has 2 fully saturated rings. The number of aromatic nitrogens is 4. The van der Waals surface area contributed by atoms with E-state index < -0.39 is 0 Å². The van der Waals surface area contributed by atoms with Crippen molar-refractivity contribution in [3.63, 3.8) is 0 Å². The van der Waals surface area contributed by atoms with E-state index in [-0.39, 0.29) is 6.10 Å². The number of morpholine rings is 1. The van der Waals surface area contributed by atoms with E-state index in [9.17, 15) is 0 Å². The van der Waals surface area contributed by atoms with Gasteiger partial charge in [0, 0.05) is 43.1 Å². The topological polar surface area (TPSA) is 98.4 Å². The zero-order valence-corrected chi connectivity index (χ0v) is 18.3. The highest BCUT2D eigenvalue weighted by Gasteiger charge is 2.25. The van der Waals surface area contributed by atoms with Crippen molar-refractivity contribution in [1.82, 2.24) is 19.9 Å². The summed E-state index contributed by atoms with van der Waals surface area (Å²) in [6.45, 7) is 3.23. The second kappa shape index (κ2) is 8.82. The van der Waals surface area contributed by atoms with Crippen molar-refractivity contribution in [2.75, 3.05) is 36.5 Å². The summed E-state index contributed by atoms with van der Waals surface area (Å²) in [6.07, 6.45) is 10.7. The average Bonchev–Trinajstić information content (AvgIpc) is 3.36. The average molecular weight is 447 g/mol. The van der Waals surface area contributed by atoms with Crippen LogP contribution in [0.5, 0.6) is 5.75 Å². The van der Waals surface area contributed by atoms with Gasteiger partial charge in [-0.1, -0.05) is 0 Å². The standard InChI is InChI=1S/C24H26N6O3/c1-3-18(4-2-16(1)29-24-23-20(5-8-32-23)27-15-28-24)33-22-12-17(30-6-9-31-10-7-30)11-21-19(22)13-25-14-26-21/h5,8,11-16,18H,1-4,6-7,9-10H2,(H,27,28,29). The Morgan fingerprint density at radius 1 is 0.970 bits per heavy atom. The lowest BCUT2D eigenvalue weighted by Gasteiger charge is -2.31. The predicted molar refractivity (Wildman–Crippen MR) is 125 cm³/mol. The van der Waals surface area contributed by atoms with Crippen LogP contribution < -0.4 is 15.0 Å². The van der Waals surface area contributed by atoms with Gasteiger partial charge in [-0.3, -0.25) is 0 Å². The van der Waals surface area contributed by atoms with Crippen LogP contribution in [0.25, 0.3) is 22.0 Å². The van der Waals surface area contributed by atoms with Crippen molar-refractivity contribution >= 4 is 33.5 Å². The molecule has 1 saturated heterocycles. The third-order valence-electron chi connectivity index (χ3n) is 6.50. The molecule has 1 N–H and O–H groups in total. The molecular weight excluding hydrogens is 420 g/mol. The van der Waals surface area contributed by atoms with E-state index in [2.05, 4.69) is 42.3 Å². The molecule has 2 aliphatic rings. The van der Waals surface area contributed by atoms with Crippen LogP contribution in [0, 0.1) is 0 Å². The van der Waals surface area contributed by atoms with E-state index in [0.717, 1.165) is 85.7 Å². The number of rotatable bonds is 5. The number of ether oxygens (including phenoxy) is 2. The van der Waals surface area contributed by atoms with Crippen LogP contribution in [0.3, 0.4) is 0 Å². The molecule has 0 unspecified atom stereocenters. The molecule has 0 bridgehead atoms. The first kappa shape index (κ1) is 20.2. The van der Waals surface area contributed by atoms with E-state index >= 15 is 0 Å². The molecule has 0 amide bonds. The second-order valence-electron chi connectivity index (χ2n) is 8.59. The lowest BCUT2D eigenvalue weighted by atomic mass is 9.93. The van der Waals surface area contributed by atoms with E-state index in [1.165, 1.54) is 0 Å². The van der Waals surface area contributed by atoms with Crippen LogP contribution >= 0.6 is 0 Å². The number of fused-ring (bicyclic) bond motifs is 2. The lowest BCUT2D eigenvalue weighted by Crippen LogP contribution is -2.36. The normalized spacial score (nSPS) is 21.4. The van der Waals surface area contributed by atoms with Crippen LogP contribution in [-0.4, -0.2) is 58.4 Å². The van der Waals surface area contributed by atoms with Crippen molar-refractivity contribution in [2.45, 2.75) is 37.8 Å². The highest BCUT2D eigenvalue weighted by Crippen LogP contribution is 2.34. The first-order valence-corrected chi connectivity index (χ1v) is 11.5. The monoisotopic (exact) mass is 446 g/mol. The molecular formula is C24H26N6O3. The van der Waals surface area contributed by atoms with Gasteiger partial charge >= 0.3 is 0 Å². The molecule has 0 spiro atoms. The van der Waals surface area contributed by atoms with Gasteiger partial charge in [-0.05, 0) is 31.7 Å². The summed E-state index contributed by atoms with van der Waals surface area (Å²) in [5, 5.41) is 4.49. The Hall–Kier alpha value is -3.46. The lowest BCUT2D eigenvalue weighted by molar-refractivity contribution is 0.122. The van der Waals surface area contributed by atoms with Crippen LogP contribution in [0.15, 0.2) is 47.7 Å². The molecule has 1 saturated carbocycles. The van der Waals surface area contributed by atoms with E-state index in [1.807, 2.05) is 12.3 Å². The number of nitrogens with zero attached hydrogens (tertiary/aromatic N) is 5. The molecule has 4 aromatic rings. The summed E-state index contributed by atoms with van der Waals surface area (Å²) < 4.78 is 17.6. The van der Waals surface area contributed by atoms with Crippen molar-refractivity contribution in [2.24, 2.45) is 0 Å². The van der Waals surface area contributed by atoms with Gasteiger partial charge in [0.15, 0.2) is 11.4 Å². The third kappa shape index (κ3) is 4.16. The Labute approximate surface area is 191 Å². The smallest absolute Gasteiger partial charge is 0.194 e. The largest absolute Gasteiger partial charge is 0.490 e. The Bertz CT molecular complexity index is 1250. The molecule has 33 heavy (non-hydrogen) atoms. The maximum atomic E-state index is 6.55. The number of hydrogen-bond donors (Lipinski definition) is 1. The van der Waals surface area contributed by atoms with Crippen molar-refractivity contribution in [1.29, 1.82) is 0 Å². The van der Waals surface area contributed by atoms with Gasteiger partial charge in [-0.25, -0.2) is 19.9 Å². The molecule has 3 aromatic heterocycles. The maximum Gasteiger partial charge on any atom is 0.194 e. The minimum atomic E-state index is 0.153. The summed E-state index contributed by atoms with van der Waals surface area (Å²) in [5.41, 5.74) is 3.56. The number of anilines is 2. The van der Waals surface area contributed by atoms with Gasteiger partial charge in [0.2, 0.25) is 0 Å². The molecule has 9 nitrogen and oxygen atoms in total. The van der Waals surface area contributed by atoms with Gasteiger partial charge < -0.3 is 24.1 Å².